The molecule has 6 rings (SSSR count). The normalized spacial score (nSPS) is 12.2. The highest BCUT2D eigenvalue weighted by Crippen LogP contribution is 2.38. The van der Waals surface area contributed by atoms with Gasteiger partial charge in [0.2, 0.25) is 0 Å². The molecule has 39 heavy (non-hydrogen) atoms. The standard InChI is InChI=1S/C37H30N2/c1-26-31-16-8-9-17-32(31)33-18-10-11-19-34(33)36(26)29-21-23-30(24-22-29)37(38)39-35(28-14-6-3-7-15-28)25-20-27-12-4-2-5-13-27/h2-19,21-25H,20H2,1H3,(H2,38,39)/b35-25-. The Morgan fingerprint density at radius 2 is 1.13 bits per heavy atom. The molecule has 0 spiro atoms. The lowest BCUT2D eigenvalue weighted by Crippen LogP contribution is -2.13. The molecule has 6 aromatic carbocycles. The number of aliphatic imine (C=N–C) groups is 1. The van der Waals surface area contributed by atoms with Gasteiger partial charge in [-0.05, 0) is 62.7 Å². The third kappa shape index (κ3) is 4.97. The Labute approximate surface area is 229 Å². The van der Waals surface area contributed by atoms with Crippen molar-refractivity contribution in [2.24, 2.45) is 10.7 Å². The minimum atomic E-state index is 0.504. The van der Waals surface area contributed by atoms with E-state index in [1.54, 1.807) is 0 Å². The number of benzene rings is 6. The topological polar surface area (TPSA) is 38.4 Å². The number of amidine groups is 1. The van der Waals surface area contributed by atoms with Crippen LogP contribution in [0.2, 0.25) is 0 Å². The fraction of sp³-hybridized carbons (Fsp3) is 0.0541. The summed E-state index contributed by atoms with van der Waals surface area (Å²) in [6, 6.07) is 46.4. The summed E-state index contributed by atoms with van der Waals surface area (Å²) < 4.78 is 0. The van der Waals surface area contributed by atoms with Crippen molar-refractivity contribution >= 4 is 33.1 Å². The highest BCUT2D eigenvalue weighted by molar-refractivity contribution is 6.15. The molecule has 188 valence electrons. The van der Waals surface area contributed by atoms with Crippen LogP contribution in [0.15, 0.2) is 145 Å². The molecule has 0 aliphatic rings. The van der Waals surface area contributed by atoms with Crippen molar-refractivity contribution in [2.45, 2.75) is 13.3 Å². The third-order valence-electron chi connectivity index (χ3n) is 7.35. The molecule has 0 unspecified atom stereocenters. The van der Waals surface area contributed by atoms with Gasteiger partial charge in [0.1, 0.15) is 5.84 Å². The number of hydrogen-bond donors (Lipinski definition) is 1. The van der Waals surface area contributed by atoms with Crippen LogP contribution in [0.5, 0.6) is 0 Å². The number of rotatable bonds is 6. The van der Waals surface area contributed by atoms with Crippen LogP contribution in [-0.2, 0) is 6.42 Å². The predicted octanol–water partition coefficient (Wildman–Crippen LogP) is 8.96. The third-order valence-corrected chi connectivity index (χ3v) is 7.35. The van der Waals surface area contributed by atoms with E-state index in [0.717, 1.165) is 23.2 Å². The Morgan fingerprint density at radius 3 is 1.79 bits per heavy atom. The summed E-state index contributed by atoms with van der Waals surface area (Å²) in [5.74, 6) is 0.504. The van der Waals surface area contributed by atoms with Gasteiger partial charge >= 0.3 is 0 Å². The smallest absolute Gasteiger partial charge is 0.131 e. The number of hydrogen-bond acceptors (Lipinski definition) is 1. The quantitative estimate of drug-likeness (QED) is 0.138. The van der Waals surface area contributed by atoms with E-state index < -0.39 is 0 Å². The van der Waals surface area contributed by atoms with Crippen molar-refractivity contribution in [3.63, 3.8) is 0 Å². The zero-order chi connectivity index (χ0) is 26.6. The van der Waals surface area contributed by atoms with Crippen LogP contribution in [0.1, 0.15) is 22.3 Å². The average Bonchev–Trinajstić information content (AvgIpc) is 3.00. The van der Waals surface area contributed by atoms with Crippen LogP contribution in [0, 0.1) is 6.92 Å². The van der Waals surface area contributed by atoms with E-state index in [9.17, 15) is 0 Å². The largest absolute Gasteiger partial charge is 0.383 e. The lowest BCUT2D eigenvalue weighted by molar-refractivity contribution is 1.26. The number of fused-ring (bicyclic) bond motifs is 3. The van der Waals surface area contributed by atoms with Gasteiger partial charge in [0, 0.05) is 5.56 Å². The van der Waals surface area contributed by atoms with Crippen LogP contribution in [-0.4, -0.2) is 5.84 Å². The Morgan fingerprint density at radius 1 is 0.590 bits per heavy atom. The Kier molecular flexibility index (Phi) is 6.76. The fourth-order valence-electron chi connectivity index (χ4n) is 5.36. The molecule has 0 saturated carbocycles. The zero-order valence-corrected chi connectivity index (χ0v) is 22.0. The minimum Gasteiger partial charge on any atom is -0.383 e. The fourth-order valence-corrected chi connectivity index (χ4v) is 5.36. The lowest BCUT2D eigenvalue weighted by Gasteiger charge is -2.15. The molecule has 0 fully saturated rings. The second-order valence-electron chi connectivity index (χ2n) is 9.81. The maximum atomic E-state index is 6.59. The van der Waals surface area contributed by atoms with Gasteiger partial charge < -0.3 is 5.73 Å². The summed E-state index contributed by atoms with van der Waals surface area (Å²) >= 11 is 0. The molecule has 2 N–H and O–H groups in total. The second kappa shape index (κ2) is 10.8. The summed E-state index contributed by atoms with van der Waals surface area (Å²) in [6.07, 6.45) is 2.94. The zero-order valence-electron chi connectivity index (χ0n) is 22.0. The van der Waals surface area contributed by atoms with Crippen molar-refractivity contribution in [3.05, 3.63) is 162 Å². The van der Waals surface area contributed by atoms with Gasteiger partial charge in [-0.25, -0.2) is 4.99 Å². The molecular weight excluding hydrogens is 472 g/mol. The van der Waals surface area contributed by atoms with E-state index in [1.807, 2.05) is 24.3 Å². The van der Waals surface area contributed by atoms with E-state index in [1.165, 1.54) is 43.8 Å². The lowest BCUT2D eigenvalue weighted by atomic mass is 9.88. The molecule has 2 nitrogen and oxygen atoms in total. The Hall–Kier alpha value is -4.95. The Bertz CT molecular complexity index is 1810. The second-order valence-corrected chi connectivity index (χ2v) is 9.81. The Balaban J connectivity index is 1.38. The summed E-state index contributed by atoms with van der Waals surface area (Å²) in [4.78, 5) is 4.90. The summed E-state index contributed by atoms with van der Waals surface area (Å²) in [6.45, 7) is 2.22. The van der Waals surface area contributed by atoms with Gasteiger partial charge in [-0.15, -0.1) is 0 Å². The summed E-state index contributed by atoms with van der Waals surface area (Å²) in [5.41, 5.74) is 14.4. The molecule has 0 bridgehead atoms. The van der Waals surface area contributed by atoms with Crippen molar-refractivity contribution in [1.29, 1.82) is 0 Å². The van der Waals surface area contributed by atoms with Gasteiger partial charge in [0.05, 0.1) is 5.70 Å². The molecule has 0 aromatic heterocycles. The molecule has 2 heteroatoms. The summed E-state index contributed by atoms with van der Waals surface area (Å²) in [5, 5.41) is 5.11. The van der Waals surface area contributed by atoms with E-state index in [2.05, 4.69) is 122 Å². The first-order valence-electron chi connectivity index (χ1n) is 13.3. The molecule has 0 aliphatic carbocycles. The number of nitrogens with two attached hydrogens (primary N) is 1. The van der Waals surface area contributed by atoms with Crippen molar-refractivity contribution in [2.75, 3.05) is 0 Å². The van der Waals surface area contributed by atoms with Crippen LogP contribution in [0.25, 0.3) is 38.4 Å². The number of aryl methyl sites for hydroxylation is 1. The molecule has 0 radical (unpaired) electrons. The molecule has 0 heterocycles. The SMILES string of the molecule is Cc1c(-c2ccc(C(N)=N/C(=C\Cc3ccccc3)c3ccccc3)cc2)c2ccccc2c2ccccc12. The van der Waals surface area contributed by atoms with Crippen LogP contribution < -0.4 is 5.73 Å². The first-order valence-corrected chi connectivity index (χ1v) is 13.3. The minimum absolute atomic E-state index is 0.504. The van der Waals surface area contributed by atoms with E-state index >= 15 is 0 Å². The van der Waals surface area contributed by atoms with Gasteiger partial charge in [0.15, 0.2) is 0 Å². The van der Waals surface area contributed by atoms with Gasteiger partial charge in [-0.2, -0.15) is 0 Å². The number of allylic oxidation sites excluding steroid dienone is 1. The van der Waals surface area contributed by atoms with E-state index in [0.29, 0.717) is 5.84 Å². The summed E-state index contributed by atoms with van der Waals surface area (Å²) in [7, 11) is 0. The van der Waals surface area contributed by atoms with Crippen LogP contribution >= 0.6 is 0 Å². The monoisotopic (exact) mass is 502 g/mol. The molecular formula is C37H30N2. The van der Waals surface area contributed by atoms with Crippen LogP contribution in [0.3, 0.4) is 0 Å². The highest BCUT2D eigenvalue weighted by Gasteiger charge is 2.13. The van der Waals surface area contributed by atoms with Gasteiger partial charge in [0.25, 0.3) is 0 Å². The maximum Gasteiger partial charge on any atom is 0.131 e. The van der Waals surface area contributed by atoms with Crippen LogP contribution in [0.4, 0.5) is 0 Å². The van der Waals surface area contributed by atoms with Gasteiger partial charge in [-0.1, -0.05) is 140 Å². The van der Waals surface area contributed by atoms with Crippen molar-refractivity contribution in [1.82, 2.24) is 0 Å². The molecule has 0 saturated heterocycles. The number of nitrogens with zero attached hydrogens (tertiary/aromatic N) is 1. The first-order chi connectivity index (χ1) is 19.2. The molecule has 6 aromatic rings. The maximum absolute atomic E-state index is 6.59. The van der Waals surface area contributed by atoms with Crippen molar-refractivity contribution in [3.8, 4) is 11.1 Å². The molecule has 0 aliphatic heterocycles. The average molecular weight is 503 g/mol. The highest BCUT2D eigenvalue weighted by atomic mass is 14.9. The predicted molar refractivity (Wildman–Crippen MR) is 167 cm³/mol. The first kappa shape index (κ1) is 24.4. The van der Waals surface area contributed by atoms with E-state index in [4.69, 9.17) is 10.7 Å². The molecule has 0 amide bonds. The van der Waals surface area contributed by atoms with Gasteiger partial charge in [-0.3, -0.25) is 0 Å². The molecule has 0 atom stereocenters. The van der Waals surface area contributed by atoms with E-state index in [-0.39, 0.29) is 0 Å². The van der Waals surface area contributed by atoms with Crippen molar-refractivity contribution < 1.29 is 0 Å².